The molecule has 2 aromatic carbocycles. The summed E-state index contributed by atoms with van der Waals surface area (Å²) in [5, 5.41) is 9.44. The molecule has 26 heavy (non-hydrogen) atoms. The highest BCUT2D eigenvalue weighted by molar-refractivity contribution is 5.76. The van der Waals surface area contributed by atoms with Gasteiger partial charge in [0.2, 0.25) is 0 Å². The molecule has 1 saturated carbocycles. The predicted molar refractivity (Wildman–Crippen MR) is 97.2 cm³/mol. The molecule has 1 aromatic heterocycles. The van der Waals surface area contributed by atoms with E-state index in [9.17, 15) is 5.26 Å². The Balaban J connectivity index is 1.24. The van der Waals surface area contributed by atoms with E-state index in [1.807, 2.05) is 42.5 Å². The van der Waals surface area contributed by atoms with Crippen LogP contribution in [0.15, 0.2) is 48.5 Å². The zero-order valence-electron chi connectivity index (χ0n) is 14.4. The van der Waals surface area contributed by atoms with Crippen molar-refractivity contribution < 1.29 is 9.47 Å². The number of aromatic nitrogens is 2. The first-order valence-electron chi connectivity index (χ1n) is 9.04. The normalized spacial score (nSPS) is 20.0. The van der Waals surface area contributed by atoms with Gasteiger partial charge < -0.3 is 9.47 Å². The third kappa shape index (κ3) is 2.33. The molecule has 0 amide bonds. The molecule has 1 aliphatic heterocycles. The zero-order valence-corrected chi connectivity index (χ0v) is 14.4. The summed E-state index contributed by atoms with van der Waals surface area (Å²) in [5.41, 5.74) is 2.88. The van der Waals surface area contributed by atoms with Gasteiger partial charge in [-0.25, -0.2) is 0 Å². The molecule has 5 heteroatoms. The molecule has 1 atom stereocenters. The zero-order chi connectivity index (χ0) is 17.6. The fourth-order valence-electron chi connectivity index (χ4n) is 3.85. The van der Waals surface area contributed by atoms with Gasteiger partial charge in [0.15, 0.2) is 6.10 Å². The molecular formula is C21H19N3O2. The Labute approximate surface area is 151 Å². The smallest absolute Gasteiger partial charge is 0.297 e. The average molecular weight is 345 g/mol. The van der Waals surface area contributed by atoms with Gasteiger partial charge in [0.05, 0.1) is 29.1 Å². The second kappa shape index (κ2) is 5.77. The number of ether oxygens (including phenoxy) is 2. The van der Waals surface area contributed by atoms with Crippen LogP contribution in [0.4, 0.5) is 0 Å². The summed E-state index contributed by atoms with van der Waals surface area (Å²) in [6, 6.07) is 19.1. The van der Waals surface area contributed by atoms with Gasteiger partial charge in [-0.2, -0.15) is 10.2 Å². The van der Waals surface area contributed by atoms with Crippen LogP contribution in [0.3, 0.4) is 0 Å². The first-order valence-corrected chi connectivity index (χ1v) is 9.04. The average Bonchev–Trinajstić information content (AvgIpc) is 3.18. The van der Waals surface area contributed by atoms with Crippen LogP contribution in [-0.2, 0) is 12.0 Å². The monoisotopic (exact) mass is 345 g/mol. The van der Waals surface area contributed by atoms with Crippen LogP contribution in [0.2, 0.25) is 0 Å². The van der Waals surface area contributed by atoms with E-state index in [4.69, 9.17) is 9.47 Å². The summed E-state index contributed by atoms with van der Waals surface area (Å²) in [6.07, 6.45) is 3.01. The summed E-state index contributed by atoms with van der Waals surface area (Å²) in [5.74, 6) is 0.805. The number of imidazole rings is 1. The summed E-state index contributed by atoms with van der Waals surface area (Å²) < 4.78 is 13.9. The fraction of sp³-hybridized carbons (Fsp3) is 0.333. The van der Waals surface area contributed by atoms with E-state index in [2.05, 4.69) is 21.7 Å². The van der Waals surface area contributed by atoms with Crippen molar-refractivity contribution in [3.05, 3.63) is 54.1 Å². The number of nitrogens with zero attached hydrogens (tertiary/aromatic N) is 3. The molecule has 1 aliphatic carbocycles. The summed E-state index contributed by atoms with van der Waals surface area (Å²) >= 11 is 0. The first-order chi connectivity index (χ1) is 12.8. The Bertz CT molecular complexity index is 996. The molecule has 0 radical (unpaired) electrons. The largest absolute Gasteiger partial charge is 0.490 e. The third-order valence-corrected chi connectivity index (χ3v) is 5.54. The number of rotatable bonds is 4. The minimum Gasteiger partial charge on any atom is -0.490 e. The van der Waals surface area contributed by atoms with Crippen LogP contribution in [0.25, 0.3) is 11.0 Å². The van der Waals surface area contributed by atoms with Gasteiger partial charge in [-0.15, -0.1) is 0 Å². The third-order valence-electron chi connectivity index (χ3n) is 5.54. The van der Waals surface area contributed by atoms with Crippen molar-refractivity contribution >= 4 is 11.0 Å². The maximum Gasteiger partial charge on any atom is 0.297 e. The van der Waals surface area contributed by atoms with Gasteiger partial charge in [0.1, 0.15) is 12.4 Å². The van der Waals surface area contributed by atoms with Crippen molar-refractivity contribution in [2.24, 2.45) is 0 Å². The Morgan fingerprint density at radius 3 is 2.73 bits per heavy atom. The number of fused-ring (bicyclic) bond motifs is 3. The van der Waals surface area contributed by atoms with Gasteiger partial charge in [0, 0.05) is 0 Å². The minimum absolute atomic E-state index is 0.0427. The van der Waals surface area contributed by atoms with Gasteiger partial charge >= 0.3 is 0 Å². The molecule has 0 spiro atoms. The lowest BCUT2D eigenvalue weighted by Crippen LogP contribution is -2.32. The highest BCUT2D eigenvalue weighted by atomic mass is 16.6. The molecule has 2 heterocycles. The van der Waals surface area contributed by atoms with Crippen molar-refractivity contribution in [3.8, 4) is 17.8 Å². The molecule has 2 aliphatic rings. The first kappa shape index (κ1) is 15.3. The lowest BCUT2D eigenvalue weighted by molar-refractivity contribution is 0.144. The van der Waals surface area contributed by atoms with Crippen molar-refractivity contribution in [3.63, 3.8) is 0 Å². The van der Waals surface area contributed by atoms with E-state index in [1.54, 1.807) is 0 Å². The van der Waals surface area contributed by atoms with E-state index < -0.39 is 0 Å². The molecule has 5 rings (SSSR count). The molecule has 3 aromatic rings. The minimum atomic E-state index is -0.274. The van der Waals surface area contributed by atoms with Crippen LogP contribution < -0.4 is 9.47 Å². The molecule has 130 valence electrons. The molecule has 0 unspecified atom stereocenters. The van der Waals surface area contributed by atoms with Gasteiger partial charge in [-0.3, -0.25) is 4.57 Å². The number of benzene rings is 2. The highest BCUT2D eigenvalue weighted by Crippen LogP contribution is 2.43. The van der Waals surface area contributed by atoms with Crippen LogP contribution in [-0.4, -0.2) is 22.3 Å². The number of hydrogen-bond acceptors (Lipinski definition) is 4. The maximum absolute atomic E-state index is 9.44. The molecule has 5 nitrogen and oxygen atoms in total. The number of nitriles is 1. The van der Waals surface area contributed by atoms with Crippen molar-refractivity contribution in [2.45, 2.75) is 37.3 Å². The van der Waals surface area contributed by atoms with E-state index >= 15 is 0 Å². The van der Waals surface area contributed by atoms with Crippen molar-refractivity contribution in [2.75, 3.05) is 6.61 Å². The Morgan fingerprint density at radius 1 is 1.19 bits per heavy atom. The fourth-order valence-corrected chi connectivity index (χ4v) is 3.85. The number of hydrogen-bond donors (Lipinski definition) is 0. The van der Waals surface area contributed by atoms with Crippen LogP contribution in [0.5, 0.6) is 11.8 Å². The van der Waals surface area contributed by atoms with Gasteiger partial charge in [-0.05, 0) is 49.1 Å². The Kier molecular flexibility index (Phi) is 3.39. The lowest BCUT2D eigenvalue weighted by Gasteiger charge is -2.35. The lowest BCUT2D eigenvalue weighted by atomic mass is 9.65. The molecule has 1 fully saturated rings. The van der Waals surface area contributed by atoms with Gasteiger partial charge in [-0.1, -0.05) is 24.3 Å². The summed E-state index contributed by atoms with van der Waals surface area (Å²) in [6.45, 7) is 1.21. The van der Waals surface area contributed by atoms with E-state index in [1.165, 1.54) is 0 Å². The topological polar surface area (TPSA) is 60.1 Å². The van der Waals surface area contributed by atoms with Gasteiger partial charge in [0.25, 0.3) is 6.01 Å². The van der Waals surface area contributed by atoms with Crippen LogP contribution in [0, 0.1) is 11.3 Å². The van der Waals surface area contributed by atoms with Crippen LogP contribution in [0.1, 0.15) is 24.8 Å². The predicted octanol–water partition coefficient (Wildman–Crippen LogP) is 3.82. The molecule has 0 bridgehead atoms. The molecule has 0 N–H and O–H groups in total. The molecule has 0 saturated heterocycles. The standard InChI is InChI=1S/C21H19N3O2/c22-14-21(10-3-11-21)15-6-8-16(9-7-15)25-13-17-12-24-19-5-2-1-4-18(19)23-20(24)26-17/h1-2,4-9,17H,3,10-13H2/t17-/m0/s1. The van der Waals surface area contributed by atoms with E-state index in [0.29, 0.717) is 12.6 Å². The SMILES string of the molecule is N#CC1(c2ccc(OC[C@@H]3Cn4c(nc5ccccc54)O3)cc2)CCC1. The second-order valence-electron chi connectivity index (χ2n) is 7.12. The highest BCUT2D eigenvalue weighted by Gasteiger charge is 2.38. The summed E-state index contributed by atoms with van der Waals surface area (Å²) in [4.78, 5) is 4.52. The van der Waals surface area contributed by atoms with Crippen molar-refractivity contribution in [1.82, 2.24) is 9.55 Å². The van der Waals surface area contributed by atoms with E-state index in [-0.39, 0.29) is 11.5 Å². The second-order valence-corrected chi connectivity index (χ2v) is 7.12. The Hall–Kier alpha value is -3.00. The maximum atomic E-state index is 9.44. The van der Waals surface area contributed by atoms with Crippen LogP contribution >= 0.6 is 0 Å². The number of para-hydroxylation sites is 2. The van der Waals surface area contributed by atoms with E-state index in [0.717, 1.165) is 48.2 Å². The van der Waals surface area contributed by atoms with Crippen molar-refractivity contribution in [1.29, 1.82) is 5.26 Å². The Morgan fingerprint density at radius 2 is 2.00 bits per heavy atom. The quantitative estimate of drug-likeness (QED) is 0.721. The molecular weight excluding hydrogens is 326 g/mol. The summed E-state index contributed by atoms with van der Waals surface area (Å²) in [7, 11) is 0.